The molecule has 0 radical (unpaired) electrons. The topological polar surface area (TPSA) is 61.3 Å². The molecule has 0 amide bonds. The third-order valence-electron chi connectivity index (χ3n) is 1.94. The molecule has 0 unspecified atom stereocenters. The maximum Gasteiger partial charge on any atom is 0.330 e. The molecular formula is C15H23NO2. The first-order chi connectivity index (χ1) is 8.24. The van der Waals surface area contributed by atoms with Crippen LogP contribution in [0.25, 0.3) is 6.08 Å². The van der Waals surface area contributed by atoms with E-state index in [1.165, 1.54) is 11.6 Å². The van der Waals surface area contributed by atoms with E-state index < -0.39 is 0 Å². The second kappa shape index (κ2) is 13.2. The van der Waals surface area contributed by atoms with Crippen molar-refractivity contribution in [1.82, 2.24) is 6.15 Å². The van der Waals surface area contributed by atoms with Gasteiger partial charge in [0.15, 0.2) is 0 Å². The van der Waals surface area contributed by atoms with Gasteiger partial charge < -0.3 is 10.9 Å². The Balaban J connectivity index is 0. The Morgan fingerprint density at radius 2 is 1.89 bits per heavy atom. The van der Waals surface area contributed by atoms with Gasteiger partial charge in [-0.3, -0.25) is 0 Å². The van der Waals surface area contributed by atoms with Crippen LogP contribution in [0.4, 0.5) is 0 Å². The highest BCUT2D eigenvalue weighted by atomic mass is 16.5. The Morgan fingerprint density at radius 3 is 2.28 bits per heavy atom. The van der Waals surface area contributed by atoms with Crippen LogP contribution in [0.5, 0.6) is 0 Å². The molecule has 0 spiro atoms. The minimum atomic E-state index is -0.330. The summed E-state index contributed by atoms with van der Waals surface area (Å²) >= 11 is 0. The zero-order chi connectivity index (χ0) is 12.9. The molecule has 3 nitrogen and oxygen atoms in total. The van der Waals surface area contributed by atoms with Crippen LogP contribution in [-0.2, 0) is 9.53 Å². The molecule has 1 rings (SSSR count). The Morgan fingerprint density at radius 1 is 1.28 bits per heavy atom. The zero-order valence-corrected chi connectivity index (χ0v) is 11.1. The van der Waals surface area contributed by atoms with Crippen molar-refractivity contribution in [3.63, 3.8) is 0 Å². The first kappa shape index (κ1) is 18.5. The normalized spacial score (nSPS) is 8.06. The number of esters is 1. The minimum Gasteiger partial charge on any atom is -0.463 e. The molecule has 0 aromatic heterocycles. The maximum atomic E-state index is 10.3. The zero-order valence-electron chi connectivity index (χ0n) is 11.1. The summed E-state index contributed by atoms with van der Waals surface area (Å²) < 4.78 is 4.67. The molecule has 100 valence electrons. The molecule has 0 heterocycles. The van der Waals surface area contributed by atoms with Crippen molar-refractivity contribution in [1.29, 1.82) is 0 Å². The highest BCUT2D eigenvalue weighted by Crippen LogP contribution is 1.97. The quantitative estimate of drug-likeness (QED) is 0.487. The third-order valence-corrected chi connectivity index (χ3v) is 1.94. The van der Waals surface area contributed by atoms with Crippen molar-refractivity contribution >= 4 is 12.0 Å². The van der Waals surface area contributed by atoms with E-state index in [9.17, 15) is 4.79 Å². The van der Waals surface area contributed by atoms with Gasteiger partial charge in [-0.1, -0.05) is 62.9 Å². The van der Waals surface area contributed by atoms with Crippen molar-refractivity contribution in [2.75, 3.05) is 6.61 Å². The highest BCUT2D eigenvalue weighted by molar-refractivity contribution is 5.81. The Bertz CT molecular complexity index is 334. The van der Waals surface area contributed by atoms with Gasteiger partial charge in [-0.25, -0.2) is 4.79 Å². The van der Waals surface area contributed by atoms with Gasteiger partial charge in [0.2, 0.25) is 0 Å². The smallest absolute Gasteiger partial charge is 0.330 e. The summed E-state index contributed by atoms with van der Waals surface area (Å²) in [5, 5.41) is 0. The minimum absolute atomic E-state index is 0. The summed E-state index contributed by atoms with van der Waals surface area (Å²) in [6, 6.07) is 10.0. The van der Waals surface area contributed by atoms with Gasteiger partial charge in [0.25, 0.3) is 0 Å². The molecular weight excluding hydrogens is 226 g/mol. The molecule has 0 bridgehead atoms. The SMILES string of the molecule is C=CC(=O)OCCCC.C=Cc1ccccc1.N. The van der Waals surface area contributed by atoms with Crippen LogP contribution in [0, 0.1) is 0 Å². The fourth-order valence-electron chi connectivity index (χ4n) is 0.965. The van der Waals surface area contributed by atoms with Gasteiger partial charge in [-0.15, -0.1) is 0 Å². The second-order valence-electron chi connectivity index (χ2n) is 3.34. The number of carbonyl (C=O) groups excluding carboxylic acids is 1. The standard InChI is InChI=1S/C8H8.C7H12O2.H3N/c1-2-8-6-4-3-5-7-8;1-3-5-6-9-7(8)4-2;/h2-7H,1H2;4H,2-3,5-6H2,1H3;1H3. The number of ether oxygens (including phenoxy) is 1. The van der Waals surface area contributed by atoms with E-state index in [-0.39, 0.29) is 12.1 Å². The van der Waals surface area contributed by atoms with Crippen LogP contribution < -0.4 is 6.15 Å². The molecule has 1 aromatic carbocycles. The number of unbranched alkanes of at least 4 members (excludes halogenated alkanes) is 1. The van der Waals surface area contributed by atoms with Crippen LogP contribution in [0.1, 0.15) is 25.3 Å². The largest absolute Gasteiger partial charge is 0.463 e. The van der Waals surface area contributed by atoms with Gasteiger partial charge in [-0.2, -0.15) is 0 Å². The summed E-state index contributed by atoms with van der Waals surface area (Å²) in [5.74, 6) is -0.330. The number of hydrogen-bond donors (Lipinski definition) is 1. The van der Waals surface area contributed by atoms with Crippen molar-refractivity contribution in [2.45, 2.75) is 19.8 Å². The van der Waals surface area contributed by atoms with Gasteiger partial charge in [0.1, 0.15) is 0 Å². The molecule has 1 aromatic rings. The lowest BCUT2D eigenvalue weighted by Gasteiger charge is -1.97. The fraction of sp³-hybridized carbons (Fsp3) is 0.267. The van der Waals surface area contributed by atoms with E-state index in [4.69, 9.17) is 0 Å². The van der Waals surface area contributed by atoms with E-state index in [1.54, 1.807) is 0 Å². The van der Waals surface area contributed by atoms with Crippen LogP contribution in [0.2, 0.25) is 0 Å². The Hall–Kier alpha value is -1.87. The van der Waals surface area contributed by atoms with E-state index in [0.717, 1.165) is 12.8 Å². The van der Waals surface area contributed by atoms with Crippen LogP contribution in [0.3, 0.4) is 0 Å². The lowest BCUT2D eigenvalue weighted by Crippen LogP contribution is -2.00. The second-order valence-corrected chi connectivity index (χ2v) is 3.34. The summed E-state index contributed by atoms with van der Waals surface area (Å²) in [5.41, 5.74) is 1.17. The van der Waals surface area contributed by atoms with E-state index in [1.807, 2.05) is 43.3 Å². The summed E-state index contributed by atoms with van der Waals surface area (Å²) in [6.07, 6.45) is 4.99. The van der Waals surface area contributed by atoms with Gasteiger partial charge in [0.05, 0.1) is 6.61 Å². The number of rotatable bonds is 5. The van der Waals surface area contributed by atoms with Crippen LogP contribution in [0.15, 0.2) is 49.6 Å². The summed E-state index contributed by atoms with van der Waals surface area (Å²) in [4.78, 5) is 10.3. The average Bonchev–Trinajstić information content (AvgIpc) is 2.40. The highest BCUT2D eigenvalue weighted by Gasteiger charge is 1.91. The van der Waals surface area contributed by atoms with Crippen molar-refractivity contribution < 1.29 is 9.53 Å². The molecule has 3 heteroatoms. The lowest BCUT2D eigenvalue weighted by molar-refractivity contribution is -0.137. The molecule has 0 aliphatic carbocycles. The average molecular weight is 249 g/mol. The van der Waals surface area contributed by atoms with E-state index in [0.29, 0.717) is 6.61 Å². The van der Waals surface area contributed by atoms with Crippen molar-refractivity contribution in [2.24, 2.45) is 0 Å². The van der Waals surface area contributed by atoms with Gasteiger partial charge >= 0.3 is 5.97 Å². The van der Waals surface area contributed by atoms with Gasteiger partial charge in [-0.05, 0) is 12.0 Å². The van der Waals surface area contributed by atoms with Crippen molar-refractivity contribution in [3.8, 4) is 0 Å². The summed E-state index contributed by atoms with van der Waals surface area (Å²) in [6.45, 7) is 9.45. The van der Waals surface area contributed by atoms with Gasteiger partial charge in [0, 0.05) is 6.08 Å². The maximum absolute atomic E-state index is 10.3. The number of carbonyl (C=O) groups is 1. The summed E-state index contributed by atoms with van der Waals surface area (Å²) in [7, 11) is 0. The molecule has 0 aliphatic rings. The van der Waals surface area contributed by atoms with Crippen molar-refractivity contribution in [3.05, 3.63) is 55.1 Å². The predicted octanol–water partition coefficient (Wildman–Crippen LogP) is 4.01. The van der Waals surface area contributed by atoms with Crippen LogP contribution >= 0.6 is 0 Å². The molecule has 3 N–H and O–H groups in total. The van der Waals surface area contributed by atoms with E-state index in [2.05, 4.69) is 17.9 Å². The number of benzene rings is 1. The first-order valence-corrected chi connectivity index (χ1v) is 5.71. The fourth-order valence-corrected chi connectivity index (χ4v) is 0.965. The lowest BCUT2D eigenvalue weighted by atomic mass is 10.2. The Kier molecular flexibility index (Phi) is 13.6. The molecule has 0 saturated carbocycles. The third kappa shape index (κ3) is 10.6. The molecule has 0 aliphatic heterocycles. The molecule has 0 atom stereocenters. The molecule has 0 fully saturated rings. The first-order valence-electron chi connectivity index (χ1n) is 5.71. The predicted molar refractivity (Wildman–Crippen MR) is 77.6 cm³/mol. The van der Waals surface area contributed by atoms with E-state index >= 15 is 0 Å². The van der Waals surface area contributed by atoms with Crippen LogP contribution in [-0.4, -0.2) is 12.6 Å². The molecule has 0 saturated heterocycles. The molecule has 18 heavy (non-hydrogen) atoms. The Labute approximate surface area is 110 Å². The number of hydrogen-bond acceptors (Lipinski definition) is 3. The monoisotopic (exact) mass is 249 g/mol.